The van der Waals surface area contributed by atoms with Crippen LogP contribution < -0.4 is 20.7 Å². The molecule has 3 aliphatic heterocycles. The Labute approximate surface area is 258 Å². The molecule has 0 radical (unpaired) electrons. The lowest BCUT2D eigenvalue weighted by molar-refractivity contribution is -0.150. The van der Waals surface area contributed by atoms with Crippen LogP contribution in [-0.2, 0) is 19.1 Å². The molecule has 0 aromatic heterocycles. The summed E-state index contributed by atoms with van der Waals surface area (Å²) in [6.45, 7) is 6.14. The van der Waals surface area contributed by atoms with Gasteiger partial charge in [-0.05, 0) is 51.6 Å². The molecular formula is C32H47F2N5O5. The van der Waals surface area contributed by atoms with Crippen LogP contribution in [0.5, 0.6) is 5.75 Å². The van der Waals surface area contributed by atoms with Crippen molar-refractivity contribution in [3.8, 4) is 5.75 Å². The summed E-state index contributed by atoms with van der Waals surface area (Å²) in [6, 6.07) is 4.99. The number of fused-ring (bicyclic) bond motifs is 2. The molecule has 10 nitrogen and oxygen atoms in total. The van der Waals surface area contributed by atoms with Crippen molar-refractivity contribution < 1.29 is 32.6 Å². The summed E-state index contributed by atoms with van der Waals surface area (Å²) in [5, 5.41) is 9.08. The van der Waals surface area contributed by atoms with Gasteiger partial charge in [0.25, 0.3) is 0 Å². The molecule has 3 amide bonds. The molecule has 0 spiro atoms. The van der Waals surface area contributed by atoms with E-state index in [9.17, 15) is 23.2 Å². The second kappa shape index (κ2) is 14.1. The van der Waals surface area contributed by atoms with Crippen molar-refractivity contribution in [2.24, 2.45) is 5.92 Å². The molecule has 5 rings (SSSR count). The lowest BCUT2D eigenvalue weighted by Crippen LogP contribution is -2.66. The minimum Gasteiger partial charge on any atom is -0.493 e. The number of nitrogens with zero attached hydrogens (tertiary/aromatic N) is 2. The van der Waals surface area contributed by atoms with Gasteiger partial charge in [-0.15, -0.1) is 0 Å². The fourth-order valence-corrected chi connectivity index (χ4v) is 7.34. The molecule has 0 bridgehead atoms. The summed E-state index contributed by atoms with van der Waals surface area (Å²) in [7, 11) is 1.68. The molecule has 3 fully saturated rings. The molecule has 1 aromatic rings. The Balaban J connectivity index is 1.42. The third kappa shape index (κ3) is 7.18. The Morgan fingerprint density at radius 1 is 1.09 bits per heavy atom. The number of benzene rings is 1. The van der Waals surface area contributed by atoms with Gasteiger partial charge in [0.05, 0.1) is 24.8 Å². The number of piperazine rings is 1. The second-order valence-corrected chi connectivity index (χ2v) is 12.6. The predicted molar refractivity (Wildman–Crippen MR) is 160 cm³/mol. The highest BCUT2D eigenvalue weighted by molar-refractivity contribution is 5.94. The molecule has 6 unspecified atom stereocenters. The minimum atomic E-state index is -2.78. The monoisotopic (exact) mass is 619 g/mol. The molecule has 244 valence electrons. The third-order valence-corrected chi connectivity index (χ3v) is 9.81. The number of rotatable bonds is 10. The Morgan fingerprint density at radius 3 is 2.55 bits per heavy atom. The highest BCUT2D eigenvalue weighted by Gasteiger charge is 2.49. The summed E-state index contributed by atoms with van der Waals surface area (Å²) < 4.78 is 40.0. The predicted octanol–water partition coefficient (Wildman–Crippen LogP) is 2.62. The Hall–Kier alpha value is -2.83. The van der Waals surface area contributed by atoms with Crippen LogP contribution in [0, 0.1) is 5.92 Å². The van der Waals surface area contributed by atoms with Gasteiger partial charge in [0.2, 0.25) is 23.6 Å². The van der Waals surface area contributed by atoms with Crippen molar-refractivity contribution in [2.75, 3.05) is 39.9 Å². The highest BCUT2D eigenvalue weighted by atomic mass is 19.3. The molecule has 2 saturated heterocycles. The summed E-state index contributed by atoms with van der Waals surface area (Å²) in [5.74, 6) is -3.51. The zero-order valence-electron chi connectivity index (χ0n) is 26.0. The first-order valence-corrected chi connectivity index (χ1v) is 16.2. The number of nitrogens with one attached hydrogen (secondary N) is 3. The first-order valence-electron chi connectivity index (χ1n) is 16.2. The summed E-state index contributed by atoms with van der Waals surface area (Å²) >= 11 is 0. The number of carbonyl (C=O) groups is 3. The van der Waals surface area contributed by atoms with Gasteiger partial charge in [-0.3, -0.25) is 19.3 Å². The van der Waals surface area contributed by atoms with Crippen molar-refractivity contribution in [1.29, 1.82) is 0 Å². The number of para-hydroxylation sites is 1. The van der Waals surface area contributed by atoms with Crippen LogP contribution in [0.2, 0.25) is 0 Å². The largest absolute Gasteiger partial charge is 0.493 e. The van der Waals surface area contributed by atoms with Crippen molar-refractivity contribution in [3.05, 3.63) is 29.8 Å². The van der Waals surface area contributed by atoms with Gasteiger partial charge in [-0.25, -0.2) is 8.78 Å². The van der Waals surface area contributed by atoms with E-state index in [4.69, 9.17) is 9.47 Å². The van der Waals surface area contributed by atoms with Gasteiger partial charge in [0.1, 0.15) is 17.8 Å². The zero-order chi connectivity index (χ0) is 31.4. The molecular weight excluding hydrogens is 572 g/mol. The topological polar surface area (TPSA) is 112 Å². The molecule has 1 aliphatic carbocycles. The van der Waals surface area contributed by atoms with E-state index in [2.05, 4.69) is 20.9 Å². The van der Waals surface area contributed by atoms with E-state index in [1.807, 2.05) is 38.1 Å². The van der Waals surface area contributed by atoms with Gasteiger partial charge in [-0.1, -0.05) is 25.1 Å². The zero-order valence-corrected chi connectivity index (χ0v) is 26.0. The van der Waals surface area contributed by atoms with Crippen molar-refractivity contribution in [1.82, 2.24) is 25.8 Å². The number of halogens is 2. The lowest BCUT2D eigenvalue weighted by Gasteiger charge is -2.45. The molecule has 4 aliphatic rings. The summed E-state index contributed by atoms with van der Waals surface area (Å²) in [6.07, 6.45) is 1.40. The van der Waals surface area contributed by atoms with E-state index in [-0.39, 0.29) is 61.6 Å². The molecule has 3 N–H and O–H groups in total. The number of amides is 3. The highest BCUT2D eigenvalue weighted by Crippen LogP contribution is 2.39. The number of hydrogen-bond acceptors (Lipinski definition) is 7. The van der Waals surface area contributed by atoms with Gasteiger partial charge >= 0.3 is 0 Å². The summed E-state index contributed by atoms with van der Waals surface area (Å²) in [5.41, 5.74) is 0.891. The standard InChI is InChI=1S/C32H47F2N5O5/c1-4-24(35-3)29(40)37-28(20-10-13-32(33,34)14-11-20)31(42)39-17-21-16-22(43-5-2)18-38(21)19-26(39)30(41)36-25-12-15-44-27-9-7-6-8-23(25)27/h6-9,20-22,24-26,28,35H,4-5,10-19H2,1-3H3,(H,36,41)(H,37,40). The van der Waals surface area contributed by atoms with E-state index < -0.39 is 30.0 Å². The van der Waals surface area contributed by atoms with Gasteiger partial charge in [0, 0.05) is 57.1 Å². The minimum absolute atomic E-state index is 0.00292. The van der Waals surface area contributed by atoms with Crippen LogP contribution in [0.1, 0.15) is 70.4 Å². The molecule has 1 aromatic carbocycles. The number of likely N-dealkylation sites (N-methyl/N-ethyl adjacent to an activating group) is 1. The van der Waals surface area contributed by atoms with Crippen LogP contribution in [0.15, 0.2) is 24.3 Å². The fraction of sp³-hybridized carbons (Fsp3) is 0.719. The van der Waals surface area contributed by atoms with Gasteiger partial charge in [-0.2, -0.15) is 0 Å². The number of carbonyl (C=O) groups excluding carboxylic acids is 3. The number of ether oxygens (including phenoxy) is 2. The van der Waals surface area contributed by atoms with Crippen LogP contribution >= 0.6 is 0 Å². The molecule has 12 heteroatoms. The van der Waals surface area contributed by atoms with E-state index in [0.29, 0.717) is 45.7 Å². The first kappa shape index (κ1) is 32.6. The number of hydrogen-bond donors (Lipinski definition) is 3. The van der Waals surface area contributed by atoms with Crippen molar-refractivity contribution in [2.45, 2.75) is 101 Å². The first-order chi connectivity index (χ1) is 21.1. The average Bonchev–Trinajstić information content (AvgIpc) is 3.41. The van der Waals surface area contributed by atoms with Crippen molar-refractivity contribution >= 4 is 17.7 Å². The van der Waals surface area contributed by atoms with Gasteiger partial charge in [0.15, 0.2) is 0 Å². The van der Waals surface area contributed by atoms with Crippen LogP contribution in [0.3, 0.4) is 0 Å². The van der Waals surface area contributed by atoms with E-state index in [1.165, 1.54) is 0 Å². The fourth-order valence-electron chi connectivity index (χ4n) is 7.34. The van der Waals surface area contributed by atoms with Crippen LogP contribution in [0.25, 0.3) is 0 Å². The Kier molecular flexibility index (Phi) is 10.4. The van der Waals surface area contributed by atoms with Gasteiger partial charge < -0.3 is 30.3 Å². The normalized spacial score (nSPS) is 28.2. The molecule has 44 heavy (non-hydrogen) atoms. The maximum absolute atomic E-state index is 14.5. The maximum Gasteiger partial charge on any atom is 0.248 e. The number of alkyl halides is 2. The Bertz CT molecular complexity index is 1170. The van der Waals surface area contributed by atoms with E-state index >= 15 is 0 Å². The lowest BCUT2D eigenvalue weighted by atomic mass is 9.81. The van der Waals surface area contributed by atoms with Crippen molar-refractivity contribution in [3.63, 3.8) is 0 Å². The quantitative estimate of drug-likeness (QED) is 0.369. The van der Waals surface area contributed by atoms with Crippen LogP contribution in [-0.4, -0.2) is 104 Å². The van der Waals surface area contributed by atoms with E-state index in [1.54, 1.807) is 11.9 Å². The SMILES string of the molecule is CCOC1CC2CN(C(=O)C(NC(=O)C(CC)NC)C3CCC(F)(F)CC3)C(C(=O)NC3CCOc4ccccc43)CN2C1. The third-order valence-electron chi connectivity index (χ3n) is 9.81. The molecule has 3 heterocycles. The average molecular weight is 620 g/mol. The molecule has 6 atom stereocenters. The van der Waals surface area contributed by atoms with E-state index in [0.717, 1.165) is 17.7 Å². The second-order valence-electron chi connectivity index (χ2n) is 12.6. The molecule has 1 saturated carbocycles. The van der Waals surface area contributed by atoms with Crippen LogP contribution in [0.4, 0.5) is 8.78 Å². The Morgan fingerprint density at radius 2 is 1.84 bits per heavy atom. The summed E-state index contributed by atoms with van der Waals surface area (Å²) in [4.78, 5) is 45.7. The smallest absolute Gasteiger partial charge is 0.248 e. The maximum atomic E-state index is 14.5.